The zero-order valence-corrected chi connectivity index (χ0v) is 31.6. The summed E-state index contributed by atoms with van der Waals surface area (Å²) in [7, 11) is -3.96. The van der Waals surface area contributed by atoms with Crippen molar-refractivity contribution in [3.8, 4) is 0 Å². The van der Waals surface area contributed by atoms with E-state index in [1.807, 2.05) is 6.07 Å². The van der Waals surface area contributed by atoms with Crippen molar-refractivity contribution in [3.63, 3.8) is 0 Å². The van der Waals surface area contributed by atoms with Gasteiger partial charge in [-0.05, 0) is 66.0 Å². The van der Waals surface area contributed by atoms with Crippen LogP contribution in [0.25, 0.3) is 0 Å². The summed E-state index contributed by atoms with van der Waals surface area (Å²) in [5, 5.41) is 5.23. The molecule has 2 aromatic rings. The molecule has 0 aromatic heterocycles. The largest absolute Gasteiger partial charge is 0.444 e. The fourth-order valence-corrected chi connectivity index (χ4v) is 8.83. The molecule has 18 heteroatoms. The normalized spacial score (nSPS) is 24.4. The minimum atomic E-state index is -4.88. The molecule has 294 valence electrons. The van der Waals surface area contributed by atoms with Crippen LogP contribution in [0.4, 0.5) is 28.0 Å². The van der Waals surface area contributed by atoms with Gasteiger partial charge in [-0.3, -0.25) is 24.0 Å². The van der Waals surface area contributed by atoms with Crippen LogP contribution in [-0.2, 0) is 48.4 Å². The van der Waals surface area contributed by atoms with Gasteiger partial charge in [0.15, 0.2) is 0 Å². The minimum absolute atomic E-state index is 0.145. The summed E-state index contributed by atoms with van der Waals surface area (Å²) in [4.78, 5) is 58.1. The Bertz CT molecular complexity index is 1970. The van der Waals surface area contributed by atoms with Gasteiger partial charge in [-0.1, -0.05) is 57.8 Å². The first kappa shape index (κ1) is 39.6. The Morgan fingerprint density at radius 1 is 1.07 bits per heavy atom. The van der Waals surface area contributed by atoms with Gasteiger partial charge < -0.3 is 20.3 Å². The van der Waals surface area contributed by atoms with Crippen molar-refractivity contribution in [1.82, 2.24) is 19.8 Å². The third-order valence-electron chi connectivity index (χ3n) is 10.5. The number of alkyl halides is 3. The number of hydrogen-bond acceptors (Lipinski definition) is 8. The lowest BCUT2D eigenvalue weighted by Crippen LogP contribution is -2.58. The van der Waals surface area contributed by atoms with Crippen LogP contribution >= 0.6 is 11.6 Å². The maximum absolute atomic E-state index is 14.5. The number of sulfonamides is 1. The van der Waals surface area contributed by atoms with Crippen molar-refractivity contribution in [1.29, 1.82) is 0 Å². The second-order valence-corrected chi connectivity index (χ2v) is 18.0. The quantitative estimate of drug-likeness (QED) is 0.273. The molecule has 3 N–H and O–H groups in total. The summed E-state index contributed by atoms with van der Waals surface area (Å²) >= 11 is 6.32. The molecule has 0 spiro atoms. The highest BCUT2D eigenvalue weighted by Crippen LogP contribution is 2.47. The van der Waals surface area contributed by atoms with Gasteiger partial charge in [0.1, 0.15) is 29.5 Å². The Morgan fingerprint density at radius 3 is 2.37 bits per heavy atom. The van der Waals surface area contributed by atoms with Crippen molar-refractivity contribution in [2.45, 2.75) is 108 Å². The van der Waals surface area contributed by atoms with Crippen molar-refractivity contribution < 1.29 is 49.9 Å². The molecule has 2 heterocycles. The second-order valence-electron chi connectivity index (χ2n) is 15.6. The molecule has 2 saturated carbocycles. The topological polar surface area (TPSA) is 154 Å². The molecular weight excluding hydrogens is 758 g/mol. The molecule has 1 saturated heterocycles. The predicted octanol–water partition coefficient (Wildman–Crippen LogP) is 5.34. The predicted molar refractivity (Wildman–Crippen MR) is 189 cm³/mol. The number of rotatable bonds is 10. The Balaban J connectivity index is 1.27. The third kappa shape index (κ3) is 8.11. The van der Waals surface area contributed by atoms with Crippen LogP contribution in [0, 0.1) is 17.2 Å². The lowest BCUT2D eigenvalue weighted by molar-refractivity contribution is -0.141. The fourth-order valence-electron chi connectivity index (χ4n) is 7.22. The molecular formula is C36H42ClF4N5O7S. The summed E-state index contributed by atoms with van der Waals surface area (Å²) in [5.41, 5.74) is -2.63. The van der Waals surface area contributed by atoms with E-state index < -0.39 is 91.7 Å². The standard InChI is InChI=1S/C36H42ClF4N5O7S/c1-5-20-15-35(20,32(49)44-54(51,52)25-9-10-25)43-30(47)28-14-24(53-33(50)45-16-19-7-6-8-27(37)26(19)18-45)17-46(28)31(48)29(34(2,3)4)42-23-12-21(36(39,40)41)11-22(38)13-23/h6-8,11-13,20,24-25,28-29,42H,5,9-10,14-18H2,1-4H3,(H,43,47)(H,44,49)/t20-,24-,28+,29-,35-/m1/s1. The molecule has 3 fully saturated rings. The van der Waals surface area contributed by atoms with Gasteiger partial charge in [0.05, 0.1) is 23.9 Å². The average molecular weight is 800 g/mol. The number of hydrogen-bond donors (Lipinski definition) is 3. The number of likely N-dealkylation sites (tertiary alicyclic amines) is 1. The number of anilines is 1. The third-order valence-corrected chi connectivity index (χ3v) is 12.7. The zero-order valence-electron chi connectivity index (χ0n) is 30.1. The number of nitrogens with zero attached hydrogens (tertiary/aromatic N) is 2. The summed E-state index contributed by atoms with van der Waals surface area (Å²) < 4.78 is 88.4. The maximum atomic E-state index is 14.5. The number of amides is 4. The van der Waals surface area contributed by atoms with E-state index in [4.69, 9.17) is 16.3 Å². The minimum Gasteiger partial charge on any atom is -0.444 e. The van der Waals surface area contributed by atoms with Crippen molar-refractivity contribution in [2.75, 3.05) is 11.9 Å². The molecule has 4 aliphatic rings. The summed E-state index contributed by atoms with van der Waals surface area (Å²) in [5.74, 6) is -4.06. The van der Waals surface area contributed by atoms with E-state index in [0.717, 1.165) is 22.1 Å². The van der Waals surface area contributed by atoms with Crippen LogP contribution in [0.2, 0.25) is 5.02 Å². The first-order chi connectivity index (χ1) is 25.1. The smallest absolute Gasteiger partial charge is 0.416 e. The number of fused-ring (bicyclic) bond motifs is 1. The Kier molecular flexibility index (Phi) is 10.4. The molecule has 12 nitrogen and oxygen atoms in total. The van der Waals surface area contributed by atoms with Gasteiger partial charge >= 0.3 is 12.3 Å². The molecule has 54 heavy (non-hydrogen) atoms. The molecule has 5 atom stereocenters. The second kappa shape index (κ2) is 14.2. The van der Waals surface area contributed by atoms with Crippen molar-refractivity contribution in [3.05, 3.63) is 63.9 Å². The molecule has 2 aliphatic heterocycles. The highest BCUT2D eigenvalue weighted by atomic mass is 35.5. The lowest BCUT2D eigenvalue weighted by Gasteiger charge is -2.36. The van der Waals surface area contributed by atoms with Crippen LogP contribution in [0.15, 0.2) is 36.4 Å². The lowest BCUT2D eigenvalue weighted by atomic mass is 9.85. The highest BCUT2D eigenvalue weighted by Gasteiger charge is 2.62. The zero-order chi connectivity index (χ0) is 39.5. The first-order valence-corrected chi connectivity index (χ1v) is 19.6. The van der Waals surface area contributed by atoms with E-state index in [2.05, 4.69) is 15.4 Å². The number of halogens is 5. The van der Waals surface area contributed by atoms with Gasteiger partial charge in [0.25, 0.3) is 5.91 Å². The van der Waals surface area contributed by atoms with E-state index in [1.165, 1.54) is 4.90 Å². The molecule has 4 amide bonds. The number of carbonyl (C=O) groups is 4. The van der Waals surface area contributed by atoms with Gasteiger partial charge in [0.2, 0.25) is 21.8 Å². The van der Waals surface area contributed by atoms with E-state index >= 15 is 0 Å². The van der Waals surface area contributed by atoms with E-state index in [9.17, 15) is 45.2 Å². The highest BCUT2D eigenvalue weighted by molar-refractivity contribution is 7.91. The van der Waals surface area contributed by atoms with Crippen molar-refractivity contribution >= 4 is 51.1 Å². The summed E-state index contributed by atoms with van der Waals surface area (Å²) in [6.07, 6.45) is -5.48. The molecule has 2 aliphatic carbocycles. The van der Waals surface area contributed by atoms with Crippen LogP contribution in [0.1, 0.15) is 76.5 Å². The summed E-state index contributed by atoms with van der Waals surface area (Å²) in [6, 6.07) is 4.41. The van der Waals surface area contributed by atoms with Gasteiger partial charge in [-0.2, -0.15) is 13.2 Å². The van der Waals surface area contributed by atoms with Crippen molar-refractivity contribution in [2.24, 2.45) is 11.3 Å². The van der Waals surface area contributed by atoms with Gasteiger partial charge in [-0.25, -0.2) is 17.6 Å². The maximum Gasteiger partial charge on any atom is 0.416 e. The van der Waals surface area contributed by atoms with E-state index in [1.54, 1.807) is 39.8 Å². The number of nitrogens with one attached hydrogen (secondary N) is 3. The number of benzene rings is 2. The molecule has 0 radical (unpaired) electrons. The summed E-state index contributed by atoms with van der Waals surface area (Å²) in [6.45, 7) is 6.72. The Morgan fingerprint density at radius 2 is 1.78 bits per heavy atom. The molecule has 0 bridgehead atoms. The monoisotopic (exact) mass is 799 g/mol. The van der Waals surface area contributed by atoms with Crippen LogP contribution in [0.5, 0.6) is 0 Å². The Hall–Kier alpha value is -4.12. The van der Waals surface area contributed by atoms with Gasteiger partial charge in [0, 0.05) is 23.7 Å². The van der Waals surface area contributed by atoms with Gasteiger partial charge in [-0.15, -0.1) is 0 Å². The SMILES string of the molecule is CC[C@@H]1C[C@]1(NC(=O)[C@@H]1C[C@@H](OC(=O)N2Cc3cccc(Cl)c3C2)CN1C(=O)[C@@H](Nc1cc(F)cc(C(F)(F)F)c1)C(C)(C)C)C(=O)NS(=O)(=O)C1CC1. The molecule has 0 unspecified atom stereocenters. The average Bonchev–Trinajstić information content (AvgIpc) is 3.96. The van der Waals surface area contributed by atoms with Crippen LogP contribution in [-0.4, -0.2) is 77.6 Å². The number of carbonyl (C=O) groups excluding carboxylic acids is 4. The van der Waals surface area contributed by atoms with E-state index in [-0.39, 0.29) is 38.2 Å². The van der Waals surface area contributed by atoms with Crippen LogP contribution < -0.4 is 15.4 Å². The van der Waals surface area contributed by atoms with Crippen LogP contribution in [0.3, 0.4) is 0 Å². The molecule has 6 rings (SSSR count). The first-order valence-electron chi connectivity index (χ1n) is 17.7. The molecule has 2 aromatic carbocycles. The fraction of sp³-hybridized carbons (Fsp3) is 0.556. The van der Waals surface area contributed by atoms with E-state index in [0.29, 0.717) is 36.4 Å². The number of ether oxygens (including phenoxy) is 1. The Labute approximate surface area is 315 Å².